The van der Waals surface area contributed by atoms with Crippen LogP contribution in [0.4, 0.5) is 0 Å². The predicted molar refractivity (Wildman–Crippen MR) is 74.4 cm³/mol. The minimum Gasteiger partial charge on any atom is -0.496 e. The third-order valence-electron chi connectivity index (χ3n) is 2.69. The van der Waals surface area contributed by atoms with E-state index < -0.39 is 0 Å². The number of aliphatic hydroxyl groups is 1. The molecule has 2 aromatic rings. The maximum absolute atomic E-state index is 11.9. The molecule has 0 atom stereocenters. The summed E-state index contributed by atoms with van der Waals surface area (Å²) in [4.78, 5) is 12.5. The number of methoxy groups -OCH3 is 1. The van der Waals surface area contributed by atoms with E-state index in [0.717, 1.165) is 11.1 Å². The van der Waals surface area contributed by atoms with Crippen LogP contribution in [0.1, 0.15) is 20.8 Å². The van der Waals surface area contributed by atoms with Crippen molar-refractivity contribution in [2.75, 3.05) is 7.11 Å². The van der Waals surface area contributed by atoms with Crippen LogP contribution >= 0.6 is 11.3 Å². The topological polar surface area (TPSA) is 58.6 Å². The Morgan fingerprint density at radius 3 is 2.58 bits per heavy atom. The number of hydrogen-bond acceptors (Lipinski definition) is 4. The van der Waals surface area contributed by atoms with Gasteiger partial charge in [-0.3, -0.25) is 4.79 Å². The number of rotatable bonds is 5. The molecule has 0 unspecified atom stereocenters. The number of carbonyl (C=O) groups is 1. The molecule has 0 aliphatic heterocycles. The number of thiophene rings is 1. The van der Waals surface area contributed by atoms with Gasteiger partial charge in [0.05, 0.1) is 18.6 Å². The lowest BCUT2D eigenvalue weighted by Crippen LogP contribution is -2.21. The summed E-state index contributed by atoms with van der Waals surface area (Å²) in [5.74, 6) is 0.585. The van der Waals surface area contributed by atoms with E-state index in [1.54, 1.807) is 18.6 Å². The molecule has 0 radical (unpaired) electrons. The minimum absolute atomic E-state index is 0.0294. The van der Waals surface area contributed by atoms with Crippen molar-refractivity contribution in [3.05, 3.63) is 51.7 Å². The average Bonchev–Trinajstić information content (AvgIpc) is 2.94. The molecule has 0 saturated heterocycles. The van der Waals surface area contributed by atoms with E-state index in [4.69, 9.17) is 9.84 Å². The van der Waals surface area contributed by atoms with Crippen molar-refractivity contribution in [2.45, 2.75) is 13.2 Å². The molecule has 1 aromatic carbocycles. The van der Waals surface area contributed by atoms with Crippen molar-refractivity contribution in [2.24, 2.45) is 0 Å². The van der Waals surface area contributed by atoms with Crippen LogP contribution in [-0.4, -0.2) is 18.1 Å². The summed E-state index contributed by atoms with van der Waals surface area (Å²) >= 11 is 1.35. The van der Waals surface area contributed by atoms with Crippen LogP contribution in [0.2, 0.25) is 0 Å². The Morgan fingerprint density at radius 1 is 1.32 bits per heavy atom. The molecule has 19 heavy (non-hydrogen) atoms. The molecular weight excluding hydrogens is 262 g/mol. The highest BCUT2D eigenvalue weighted by molar-refractivity contribution is 7.12. The molecule has 0 bridgehead atoms. The smallest absolute Gasteiger partial charge is 0.261 e. The van der Waals surface area contributed by atoms with Crippen LogP contribution in [0.3, 0.4) is 0 Å². The molecule has 4 nitrogen and oxygen atoms in total. The normalized spacial score (nSPS) is 10.2. The first-order valence-corrected chi connectivity index (χ1v) is 6.70. The first-order chi connectivity index (χ1) is 9.22. The fraction of sp³-hybridized carbons (Fsp3) is 0.214. The van der Waals surface area contributed by atoms with Crippen molar-refractivity contribution in [1.29, 1.82) is 0 Å². The van der Waals surface area contributed by atoms with Crippen molar-refractivity contribution < 1.29 is 14.6 Å². The minimum atomic E-state index is -0.112. The lowest BCUT2D eigenvalue weighted by Gasteiger charge is -2.04. The Morgan fingerprint density at radius 2 is 2.00 bits per heavy atom. The molecule has 2 rings (SSSR count). The highest BCUT2D eigenvalue weighted by Crippen LogP contribution is 2.20. The van der Waals surface area contributed by atoms with Crippen molar-refractivity contribution in [3.8, 4) is 5.75 Å². The van der Waals surface area contributed by atoms with Crippen molar-refractivity contribution in [3.63, 3.8) is 0 Å². The maximum atomic E-state index is 11.9. The van der Waals surface area contributed by atoms with E-state index in [9.17, 15) is 4.79 Å². The number of hydrogen-bond donors (Lipinski definition) is 2. The number of nitrogens with one attached hydrogen (secondary N) is 1. The Balaban J connectivity index is 1.92. The summed E-state index contributed by atoms with van der Waals surface area (Å²) in [5.41, 5.74) is 1.85. The molecule has 0 saturated carbocycles. The van der Waals surface area contributed by atoms with E-state index >= 15 is 0 Å². The SMILES string of the molecule is COc1csc(C(=O)NCc2ccc(CO)cc2)c1. The van der Waals surface area contributed by atoms with E-state index in [1.165, 1.54) is 11.3 Å². The summed E-state index contributed by atoms with van der Waals surface area (Å²) in [6, 6.07) is 9.18. The number of aliphatic hydroxyl groups excluding tert-OH is 1. The maximum Gasteiger partial charge on any atom is 0.261 e. The molecule has 1 heterocycles. The Kier molecular flexibility index (Phi) is 4.54. The van der Waals surface area contributed by atoms with Gasteiger partial charge in [-0.05, 0) is 11.1 Å². The third kappa shape index (κ3) is 3.56. The van der Waals surface area contributed by atoms with Gasteiger partial charge in [0.15, 0.2) is 0 Å². The highest BCUT2D eigenvalue weighted by atomic mass is 32.1. The lowest BCUT2D eigenvalue weighted by atomic mass is 10.1. The van der Waals surface area contributed by atoms with Gasteiger partial charge in [-0.2, -0.15) is 0 Å². The average molecular weight is 277 g/mol. The van der Waals surface area contributed by atoms with Gasteiger partial charge < -0.3 is 15.2 Å². The van der Waals surface area contributed by atoms with Gasteiger partial charge in [-0.15, -0.1) is 11.3 Å². The largest absolute Gasteiger partial charge is 0.496 e. The zero-order chi connectivity index (χ0) is 13.7. The number of carbonyl (C=O) groups excluding carboxylic acids is 1. The van der Waals surface area contributed by atoms with Gasteiger partial charge >= 0.3 is 0 Å². The van der Waals surface area contributed by atoms with Crippen LogP contribution in [0.25, 0.3) is 0 Å². The van der Waals surface area contributed by atoms with Gasteiger partial charge in [-0.25, -0.2) is 0 Å². The molecule has 0 aliphatic carbocycles. The summed E-state index contributed by atoms with van der Waals surface area (Å²) in [6.07, 6.45) is 0. The summed E-state index contributed by atoms with van der Waals surface area (Å²) in [6.45, 7) is 0.492. The van der Waals surface area contributed by atoms with Crippen molar-refractivity contribution >= 4 is 17.2 Å². The van der Waals surface area contributed by atoms with E-state index in [2.05, 4.69) is 5.32 Å². The van der Waals surface area contributed by atoms with Gasteiger partial charge in [0, 0.05) is 18.0 Å². The zero-order valence-corrected chi connectivity index (χ0v) is 11.4. The van der Waals surface area contributed by atoms with Crippen LogP contribution in [-0.2, 0) is 13.2 Å². The second-order valence-electron chi connectivity index (χ2n) is 4.01. The summed E-state index contributed by atoms with van der Waals surface area (Å²) < 4.78 is 5.04. The number of amides is 1. The first-order valence-electron chi connectivity index (χ1n) is 5.82. The molecule has 0 spiro atoms. The Hall–Kier alpha value is -1.85. The zero-order valence-electron chi connectivity index (χ0n) is 10.6. The standard InChI is InChI=1S/C14H15NO3S/c1-18-12-6-13(19-9-12)14(17)15-7-10-2-4-11(8-16)5-3-10/h2-6,9,16H,7-8H2,1H3,(H,15,17). The van der Waals surface area contributed by atoms with E-state index in [-0.39, 0.29) is 12.5 Å². The second-order valence-corrected chi connectivity index (χ2v) is 4.92. The van der Waals surface area contributed by atoms with Crippen LogP contribution in [0.15, 0.2) is 35.7 Å². The van der Waals surface area contributed by atoms with Gasteiger partial charge in [0.1, 0.15) is 5.75 Å². The highest BCUT2D eigenvalue weighted by Gasteiger charge is 2.08. The lowest BCUT2D eigenvalue weighted by molar-refractivity contribution is 0.0954. The molecule has 1 aromatic heterocycles. The fourth-order valence-electron chi connectivity index (χ4n) is 1.58. The number of benzene rings is 1. The monoisotopic (exact) mass is 277 g/mol. The number of ether oxygens (including phenoxy) is 1. The Labute approximate surface area is 115 Å². The fourth-order valence-corrected chi connectivity index (χ4v) is 2.35. The molecule has 0 fully saturated rings. The predicted octanol–water partition coefficient (Wildman–Crippen LogP) is 2.18. The van der Waals surface area contributed by atoms with Gasteiger partial charge in [-0.1, -0.05) is 24.3 Å². The van der Waals surface area contributed by atoms with Crippen LogP contribution < -0.4 is 10.1 Å². The van der Waals surface area contributed by atoms with Crippen LogP contribution in [0, 0.1) is 0 Å². The summed E-state index contributed by atoms with van der Waals surface area (Å²) in [5, 5.41) is 13.6. The van der Waals surface area contributed by atoms with E-state index in [1.807, 2.05) is 24.3 Å². The first kappa shape index (κ1) is 13.6. The third-order valence-corrected chi connectivity index (χ3v) is 3.60. The quantitative estimate of drug-likeness (QED) is 0.880. The van der Waals surface area contributed by atoms with E-state index in [0.29, 0.717) is 17.2 Å². The van der Waals surface area contributed by atoms with Gasteiger partial charge in [0.2, 0.25) is 0 Å². The second kappa shape index (κ2) is 6.36. The van der Waals surface area contributed by atoms with Gasteiger partial charge in [0.25, 0.3) is 5.91 Å². The van der Waals surface area contributed by atoms with Crippen molar-refractivity contribution in [1.82, 2.24) is 5.32 Å². The summed E-state index contributed by atoms with van der Waals surface area (Å²) in [7, 11) is 1.58. The molecule has 100 valence electrons. The molecular formula is C14H15NO3S. The van der Waals surface area contributed by atoms with Crippen LogP contribution in [0.5, 0.6) is 5.75 Å². The molecule has 2 N–H and O–H groups in total. The molecule has 5 heteroatoms. The Bertz CT molecular complexity index is 548. The molecule has 0 aliphatic rings. The molecule has 1 amide bonds.